The number of anilines is 1. The summed E-state index contributed by atoms with van der Waals surface area (Å²) in [5, 5.41) is 25.0. The summed E-state index contributed by atoms with van der Waals surface area (Å²) in [4.78, 5) is 14.8. The molecular weight excluding hydrogens is 396 g/mol. The first-order valence-electron chi connectivity index (χ1n) is 7.80. The van der Waals surface area contributed by atoms with Gasteiger partial charge >= 0.3 is 0 Å². The van der Waals surface area contributed by atoms with Crippen LogP contribution in [0.2, 0.25) is 0 Å². The Morgan fingerprint density at radius 1 is 1.12 bits per heavy atom. The van der Waals surface area contributed by atoms with Crippen molar-refractivity contribution < 1.29 is 5.11 Å². The molecule has 0 spiro atoms. The van der Waals surface area contributed by atoms with E-state index in [1.165, 1.54) is 5.01 Å². The fraction of sp³-hybridized carbons (Fsp3) is 0. The lowest BCUT2D eigenvalue weighted by atomic mass is 10.1. The Labute approximate surface area is 156 Å². The number of fused-ring (bicyclic) bond motifs is 1. The number of pyridine rings is 1. The van der Waals surface area contributed by atoms with E-state index in [1.54, 1.807) is 18.2 Å². The summed E-state index contributed by atoms with van der Waals surface area (Å²) >= 11 is 3.37. The quantitative estimate of drug-likeness (QED) is 0.605. The summed E-state index contributed by atoms with van der Waals surface area (Å²) in [6.45, 7) is 0. The average molecular weight is 409 g/mol. The van der Waals surface area contributed by atoms with Crippen molar-refractivity contribution in [2.75, 3.05) is 5.01 Å². The number of nitrogens with zero attached hydrogens (tertiary/aromatic N) is 2. The van der Waals surface area contributed by atoms with Gasteiger partial charge in [0.05, 0.1) is 10.9 Å². The van der Waals surface area contributed by atoms with E-state index in [0.717, 1.165) is 10.0 Å². The molecule has 26 heavy (non-hydrogen) atoms. The Morgan fingerprint density at radius 2 is 1.81 bits per heavy atom. The van der Waals surface area contributed by atoms with Crippen LogP contribution in [0.25, 0.3) is 6.08 Å². The fourth-order valence-corrected chi connectivity index (χ4v) is 3.06. The van der Waals surface area contributed by atoms with Crippen molar-refractivity contribution in [2.45, 2.75) is 0 Å². The van der Waals surface area contributed by atoms with Gasteiger partial charge in [0.1, 0.15) is 10.9 Å². The zero-order valence-corrected chi connectivity index (χ0v) is 15.0. The largest absolute Gasteiger partial charge is 0.494 e. The van der Waals surface area contributed by atoms with Gasteiger partial charge in [0.2, 0.25) is 5.88 Å². The highest BCUT2D eigenvalue weighted by Gasteiger charge is 2.26. The number of aromatic hydroxyl groups is 1. The minimum absolute atomic E-state index is 0.00113. The molecule has 4 rings (SSSR count). The molecule has 0 atom stereocenters. The highest BCUT2D eigenvalue weighted by Crippen LogP contribution is 2.23. The molecule has 0 amide bonds. The summed E-state index contributed by atoms with van der Waals surface area (Å²) in [7, 11) is 0. The molecule has 128 valence electrons. The normalized spacial score (nSPS) is 13.7. The van der Waals surface area contributed by atoms with Crippen LogP contribution in [-0.4, -0.2) is 15.9 Å². The monoisotopic (exact) mass is 408 g/mol. The van der Waals surface area contributed by atoms with Crippen molar-refractivity contribution in [3.63, 3.8) is 0 Å². The molecule has 3 N–H and O–H groups in total. The Balaban J connectivity index is 1.97. The summed E-state index contributed by atoms with van der Waals surface area (Å²) in [5.41, 5.74) is 1.23. The van der Waals surface area contributed by atoms with Crippen molar-refractivity contribution in [1.82, 2.24) is 4.98 Å². The molecule has 0 saturated heterocycles. The van der Waals surface area contributed by atoms with Gasteiger partial charge in [-0.2, -0.15) is 5.10 Å². The van der Waals surface area contributed by atoms with Gasteiger partial charge < -0.3 is 5.11 Å². The smallest absolute Gasteiger partial charge is 0.260 e. The zero-order valence-electron chi connectivity index (χ0n) is 13.4. The van der Waals surface area contributed by atoms with Crippen LogP contribution in [0.15, 0.2) is 69.0 Å². The van der Waals surface area contributed by atoms with Crippen LogP contribution in [0.5, 0.6) is 5.88 Å². The third-order valence-corrected chi connectivity index (χ3v) is 4.56. The standard InChI is InChI=1S/C19H13BrN4O2/c20-12-6-8-13(9-7-12)24-17(21)15-16(23-24)14(18(25)22-19(15)26)10-11-4-2-1-3-5-11/h1-10,21,26H,(H,22,25). The number of hydrogen-bond donors (Lipinski definition) is 3. The van der Waals surface area contributed by atoms with Crippen LogP contribution in [0, 0.1) is 5.41 Å². The van der Waals surface area contributed by atoms with Crippen LogP contribution >= 0.6 is 15.9 Å². The van der Waals surface area contributed by atoms with Gasteiger partial charge in [-0.25, -0.2) is 5.01 Å². The second kappa shape index (κ2) is 6.27. The number of benzene rings is 2. The number of amidine groups is 1. The number of hydrogen-bond acceptors (Lipinski definition) is 4. The zero-order chi connectivity index (χ0) is 18.3. The molecule has 0 fully saturated rings. The van der Waals surface area contributed by atoms with Crippen LogP contribution in [0.1, 0.15) is 11.1 Å². The highest BCUT2D eigenvalue weighted by atomic mass is 79.9. The molecule has 0 radical (unpaired) electrons. The van der Waals surface area contributed by atoms with Gasteiger partial charge in [-0.1, -0.05) is 46.3 Å². The summed E-state index contributed by atoms with van der Waals surface area (Å²) in [6.07, 6.45) is 1.69. The predicted octanol–water partition coefficient (Wildman–Crippen LogP) is 2.05. The SMILES string of the molecule is N=C1c2c(O)[nH]c(=O)c(=Cc3ccccc3)c2=NN1c1ccc(Br)cc1. The maximum absolute atomic E-state index is 12.4. The first kappa shape index (κ1) is 16.3. The van der Waals surface area contributed by atoms with E-state index in [1.807, 2.05) is 42.5 Å². The van der Waals surface area contributed by atoms with Crippen LogP contribution < -0.4 is 21.1 Å². The van der Waals surface area contributed by atoms with Crippen LogP contribution in [-0.2, 0) is 0 Å². The average Bonchev–Trinajstić information content (AvgIpc) is 2.98. The molecule has 2 aromatic carbocycles. The van der Waals surface area contributed by atoms with Crippen molar-refractivity contribution in [2.24, 2.45) is 5.10 Å². The van der Waals surface area contributed by atoms with E-state index in [0.29, 0.717) is 10.9 Å². The van der Waals surface area contributed by atoms with Crippen molar-refractivity contribution in [3.8, 4) is 5.88 Å². The van der Waals surface area contributed by atoms with Crippen molar-refractivity contribution in [3.05, 3.63) is 91.1 Å². The van der Waals surface area contributed by atoms with E-state index in [-0.39, 0.29) is 22.6 Å². The number of aromatic nitrogens is 1. The predicted molar refractivity (Wildman–Crippen MR) is 103 cm³/mol. The molecule has 1 aromatic heterocycles. The van der Waals surface area contributed by atoms with Gasteiger partial charge in [0, 0.05) is 4.47 Å². The topological polar surface area (TPSA) is 92.5 Å². The third-order valence-electron chi connectivity index (χ3n) is 4.04. The molecule has 0 aliphatic carbocycles. The Morgan fingerprint density at radius 3 is 2.50 bits per heavy atom. The van der Waals surface area contributed by atoms with Crippen LogP contribution in [0.3, 0.4) is 0 Å². The number of rotatable bonds is 2. The lowest BCUT2D eigenvalue weighted by molar-refractivity contribution is 0.449. The number of nitrogens with one attached hydrogen (secondary N) is 2. The highest BCUT2D eigenvalue weighted by molar-refractivity contribution is 9.10. The first-order chi connectivity index (χ1) is 12.5. The van der Waals surface area contributed by atoms with Gasteiger partial charge in [0.25, 0.3) is 5.56 Å². The summed E-state index contributed by atoms with van der Waals surface area (Å²) < 4.78 is 0.903. The van der Waals surface area contributed by atoms with E-state index in [2.05, 4.69) is 26.0 Å². The van der Waals surface area contributed by atoms with Gasteiger partial charge in [-0.05, 0) is 35.9 Å². The molecule has 3 aromatic rings. The molecule has 6 nitrogen and oxygen atoms in total. The van der Waals surface area contributed by atoms with Gasteiger partial charge in [-0.3, -0.25) is 15.2 Å². The van der Waals surface area contributed by atoms with E-state index >= 15 is 0 Å². The number of aromatic amines is 1. The minimum Gasteiger partial charge on any atom is -0.494 e. The summed E-state index contributed by atoms with van der Waals surface area (Å²) in [5.74, 6) is -0.359. The fourth-order valence-electron chi connectivity index (χ4n) is 2.79. The second-order valence-electron chi connectivity index (χ2n) is 5.73. The van der Waals surface area contributed by atoms with Gasteiger partial charge in [-0.15, -0.1) is 0 Å². The Kier molecular flexibility index (Phi) is 3.93. The first-order valence-corrected chi connectivity index (χ1v) is 8.59. The molecule has 1 aliphatic rings. The molecule has 0 saturated carbocycles. The van der Waals surface area contributed by atoms with Crippen LogP contribution in [0.4, 0.5) is 5.69 Å². The van der Waals surface area contributed by atoms with E-state index < -0.39 is 5.56 Å². The maximum atomic E-state index is 12.4. The third kappa shape index (κ3) is 2.72. The lowest BCUT2D eigenvalue weighted by Crippen LogP contribution is -2.42. The van der Waals surface area contributed by atoms with Crippen molar-refractivity contribution >= 4 is 33.5 Å². The van der Waals surface area contributed by atoms with Gasteiger partial charge in [0.15, 0.2) is 5.84 Å². The maximum Gasteiger partial charge on any atom is 0.260 e. The minimum atomic E-state index is -0.459. The van der Waals surface area contributed by atoms with Crippen molar-refractivity contribution in [1.29, 1.82) is 5.41 Å². The Hall–Kier alpha value is -3.19. The Bertz CT molecular complexity index is 1190. The van der Waals surface area contributed by atoms with E-state index in [4.69, 9.17) is 5.41 Å². The number of H-pyrrole nitrogens is 1. The number of halogens is 1. The summed E-state index contributed by atoms with van der Waals surface area (Å²) in [6, 6.07) is 16.6. The lowest BCUT2D eigenvalue weighted by Gasteiger charge is -2.14. The molecular formula is C19H13BrN4O2. The molecule has 7 heteroatoms. The molecule has 1 aliphatic heterocycles. The second-order valence-corrected chi connectivity index (χ2v) is 6.65. The van der Waals surface area contributed by atoms with E-state index in [9.17, 15) is 9.90 Å². The molecule has 0 bridgehead atoms. The molecule has 0 unspecified atom stereocenters. The molecule has 2 heterocycles.